The quantitative estimate of drug-likeness (QED) is 0.0434. The monoisotopic (exact) mass is 746 g/mol. The molecule has 50 heavy (non-hydrogen) atoms. The van der Waals surface area contributed by atoms with Gasteiger partial charge < -0.3 is 49.1 Å². The summed E-state index contributed by atoms with van der Waals surface area (Å²) < 4.78 is 59.0. The topological polar surface area (TPSA) is 218 Å². The summed E-state index contributed by atoms with van der Waals surface area (Å²) in [5.41, 5.74) is -0.671. The molecule has 4 N–H and O–H groups in total. The molecule has 2 saturated heterocycles. The Morgan fingerprint density at radius 2 is 1.68 bits per heavy atom. The molecule has 0 aromatic heterocycles. The standard InChI is InChI=1S/C34H54O13S.2Na/c1-15(2)16(3)27-29(45-27)34(6,40)23-8-7-19-18-14-22(47-48(41,42)43)21-13-17(9-11-32(21,4)20(18)10-12-33(19,23)5)44-31-26(37)24(35)25(36)28(46-31)30(38)39;;/h10,15-19,21-29,31,35-37,40H,7-9,11-14H2,1-6H3,(H,38,39)(H,41,42,43);;/q;2*+1/p-2/t16-,17-,18-,19-,21+,22-,23-,24-,25-,26+,27-,28-,29+,31+,32+,33-,34+;;/m0../s1. The van der Waals surface area contributed by atoms with Gasteiger partial charge in [-0.2, -0.15) is 0 Å². The van der Waals surface area contributed by atoms with Crippen LogP contribution in [0, 0.1) is 46.3 Å². The zero-order valence-corrected chi connectivity index (χ0v) is 35.4. The van der Waals surface area contributed by atoms with Crippen LogP contribution in [-0.4, -0.2) is 100 Å². The number of allylic oxidation sites excluding steroid dienone is 2. The van der Waals surface area contributed by atoms with Crippen molar-refractivity contribution in [1.82, 2.24) is 0 Å². The Kier molecular flexibility index (Phi) is 13.4. The predicted molar refractivity (Wildman–Crippen MR) is 165 cm³/mol. The number of hydrogen-bond acceptors (Lipinski definition) is 13. The molecule has 0 unspecified atom stereocenters. The van der Waals surface area contributed by atoms with Crippen LogP contribution in [0.3, 0.4) is 0 Å². The van der Waals surface area contributed by atoms with E-state index >= 15 is 0 Å². The fourth-order valence-corrected chi connectivity index (χ4v) is 11.3. The third-order valence-corrected chi connectivity index (χ3v) is 14.2. The number of aliphatic hydroxyl groups excluding tert-OH is 3. The van der Waals surface area contributed by atoms with Crippen LogP contribution < -0.4 is 64.2 Å². The molecule has 4 aliphatic carbocycles. The molecule has 6 aliphatic rings. The van der Waals surface area contributed by atoms with Crippen LogP contribution >= 0.6 is 0 Å². The van der Waals surface area contributed by atoms with E-state index in [0.29, 0.717) is 31.1 Å². The van der Waals surface area contributed by atoms with E-state index in [0.717, 1.165) is 19.3 Å². The number of fused-ring (bicyclic) bond motifs is 5. The van der Waals surface area contributed by atoms with Crippen LogP contribution in [0.1, 0.15) is 86.5 Å². The van der Waals surface area contributed by atoms with Crippen molar-refractivity contribution in [1.29, 1.82) is 0 Å². The second kappa shape index (κ2) is 15.4. The van der Waals surface area contributed by atoms with Crippen LogP contribution in [0.5, 0.6) is 0 Å². The van der Waals surface area contributed by atoms with E-state index < -0.39 is 76.2 Å². The summed E-state index contributed by atoms with van der Waals surface area (Å²) in [6.07, 6.45) is -4.78. The van der Waals surface area contributed by atoms with Gasteiger partial charge in [0.25, 0.3) is 0 Å². The number of ether oxygens (including phenoxy) is 3. The molecule has 17 atom stereocenters. The first kappa shape index (κ1) is 43.5. The first-order valence-corrected chi connectivity index (χ1v) is 18.8. The van der Waals surface area contributed by atoms with Gasteiger partial charge in [0.15, 0.2) is 6.29 Å². The SMILES string of the molecule is CC(C)[C@H](C)[C@@H]1O[C@H]1[C@](C)(O)[C@H]1CC[C@H]2[C@@H]3C[C@H](OS(=O)(=O)[O-])[C@H]4C[C@@H](O[C@@H]5O[C@H](C(=O)[O-])[C@@H](O)[C@H](O)[C@H]5O)CC[C@]4(C)C3=CC[C@]12C.[Na+].[Na+]. The number of aliphatic carboxylic acids is 1. The fourth-order valence-electron chi connectivity index (χ4n) is 10.8. The van der Waals surface area contributed by atoms with Crippen molar-refractivity contribution < 1.29 is 121 Å². The van der Waals surface area contributed by atoms with Gasteiger partial charge >= 0.3 is 59.1 Å². The number of carboxylic acids is 1. The number of hydrogen-bond donors (Lipinski definition) is 4. The summed E-state index contributed by atoms with van der Waals surface area (Å²) in [5.74, 6) is -1.49. The third-order valence-electron chi connectivity index (χ3n) is 13.7. The number of aliphatic hydroxyl groups is 4. The molecule has 2 heterocycles. The van der Waals surface area contributed by atoms with Gasteiger partial charge in [0.05, 0.1) is 29.9 Å². The Bertz CT molecular complexity index is 1390. The summed E-state index contributed by atoms with van der Waals surface area (Å²) in [7, 11) is -5.08. The summed E-state index contributed by atoms with van der Waals surface area (Å²) in [4.78, 5) is 11.5. The number of carbonyl (C=O) groups is 1. The van der Waals surface area contributed by atoms with Crippen LogP contribution in [0.15, 0.2) is 11.6 Å². The minimum absolute atomic E-state index is 0. The van der Waals surface area contributed by atoms with Gasteiger partial charge in [0.2, 0.25) is 10.4 Å². The minimum atomic E-state index is -5.08. The average molecular weight is 747 g/mol. The van der Waals surface area contributed by atoms with Gasteiger partial charge in [-0.1, -0.05) is 46.3 Å². The van der Waals surface area contributed by atoms with Crippen LogP contribution in [0.25, 0.3) is 0 Å². The maximum absolute atomic E-state index is 12.1. The molecule has 13 nitrogen and oxygen atoms in total. The summed E-state index contributed by atoms with van der Waals surface area (Å²) in [6, 6.07) is 0. The van der Waals surface area contributed by atoms with Gasteiger partial charge in [-0.05, 0) is 98.2 Å². The van der Waals surface area contributed by atoms with Crippen molar-refractivity contribution in [2.24, 2.45) is 46.3 Å². The molecule has 0 spiro atoms. The van der Waals surface area contributed by atoms with E-state index in [-0.39, 0.29) is 101 Å². The Morgan fingerprint density at radius 1 is 1.02 bits per heavy atom. The molecular weight excluding hydrogens is 694 g/mol. The van der Waals surface area contributed by atoms with Crippen molar-refractivity contribution >= 4 is 16.4 Å². The first-order valence-electron chi connectivity index (χ1n) is 17.5. The molecule has 16 heteroatoms. The smallest absolute Gasteiger partial charge is 0.726 e. The van der Waals surface area contributed by atoms with Crippen molar-refractivity contribution in [2.75, 3.05) is 0 Å². The number of carbonyl (C=O) groups excluding carboxylic acids is 1. The second-order valence-electron chi connectivity index (χ2n) is 16.6. The van der Waals surface area contributed by atoms with Gasteiger partial charge in [-0.25, -0.2) is 8.42 Å². The molecule has 3 saturated carbocycles. The Labute approximate surface area is 339 Å². The van der Waals surface area contributed by atoms with Gasteiger partial charge in [-0.15, -0.1) is 0 Å². The fraction of sp³-hybridized carbons (Fsp3) is 0.912. The first-order chi connectivity index (χ1) is 22.2. The Morgan fingerprint density at radius 3 is 2.28 bits per heavy atom. The Balaban J connectivity index is 0.00000281. The van der Waals surface area contributed by atoms with E-state index in [1.165, 1.54) is 5.57 Å². The summed E-state index contributed by atoms with van der Waals surface area (Å²) >= 11 is 0. The number of rotatable bonds is 9. The van der Waals surface area contributed by atoms with E-state index in [9.17, 15) is 43.3 Å². The van der Waals surface area contributed by atoms with E-state index in [2.05, 4.69) is 40.7 Å². The molecule has 274 valence electrons. The van der Waals surface area contributed by atoms with Gasteiger partial charge in [0, 0.05) is 0 Å². The maximum atomic E-state index is 12.1. The second-order valence-corrected chi connectivity index (χ2v) is 17.6. The van der Waals surface area contributed by atoms with Crippen molar-refractivity contribution in [3.8, 4) is 0 Å². The molecule has 0 aromatic rings. The molecule has 0 bridgehead atoms. The van der Waals surface area contributed by atoms with Crippen molar-refractivity contribution in [3.63, 3.8) is 0 Å². The summed E-state index contributed by atoms with van der Waals surface area (Å²) in [6.45, 7) is 12.7. The maximum Gasteiger partial charge on any atom is 1.00 e. The molecule has 0 amide bonds. The minimum Gasteiger partial charge on any atom is -0.726 e. The van der Waals surface area contributed by atoms with E-state index in [1.807, 2.05) is 6.92 Å². The van der Waals surface area contributed by atoms with Crippen LogP contribution in [-0.2, 0) is 33.6 Å². The molecule has 0 aromatic carbocycles. The van der Waals surface area contributed by atoms with E-state index in [1.54, 1.807) is 0 Å². The number of carboxylic acid groups (broad SMARTS) is 1. The molecule has 0 radical (unpaired) electrons. The number of epoxide rings is 1. The van der Waals surface area contributed by atoms with E-state index in [4.69, 9.17) is 18.4 Å². The van der Waals surface area contributed by atoms with Crippen molar-refractivity contribution in [3.05, 3.63) is 11.6 Å². The zero-order valence-electron chi connectivity index (χ0n) is 30.6. The van der Waals surface area contributed by atoms with Crippen LogP contribution in [0.4, 0.5) is 0 Å². The molecular formula is C34H52Na2O13S. The van der Waals surface area contributed by atoms with Crippen LogP contribution in [0.2, 0.25) is 0 Å². The normalized spacial score (nSPS) is 47.3. The Hall–Kier alpha value is 0.800. The molecule has 6 rings (SSSR count). The molecule has 5 fully saturated rings. The predicted octanol–water partition coefficient (Wildman–Crippen LogP) is -5.22. The van der Waals surface area contributed by atoms with Gasteiger partial charge in [0.1, 0.15) is 30.5 Å². The largest absolute Gasteiger partial charge is 1.00 e. The van der Waals surface area contributed by atoms with Gasteiger partial charge in [-0.3, -0.25) is 4.18 Å². The third kappa shape index (κ3) is 7.64. The summed E-state index contributed by atoms with van der Waals surface area (Å²) in [5, 5.41) is 54.4. The molecule has 2 aliphatic heterocycles. The zero-order chi connectivity index (χ0) is 35.3. The average Bonchev–Trinajstić information content (AvgIpc) is 3.72. The van der Waals surface area contributed by atoms with Crippen molar-refractivity contribution in [2.45, 2.75) is 147 Å².